The first-order valence-corrected chi connectivity index (χ1v) is 13.3. The average Bonchev–Trinajstić information content (AvgIpc) is 3.16. The van der Waals surface area contributed by atoms with Crippen LogP contribution in [0, 0.1) is 22.7 Å². The van der Waals surface area contributed by atoms with E-state index in [9.17, 15) is 14.4 Å². The van der Waals surface area contributed by atoms with Gasteiger partial charge in [-0.05, 0) is 29.4 Å². The van der Waals surface area contributed by atoms with E-state index in [0.717, 1.165) is 25.1 Å². The van der Waals surface area contributed by atoms with Crippen molar-refractivity contribution in [1.82, 2.24) is 14.7 Å². The molecule has 1 aliphatic carbocycles. The molecule has 2 aromatic carbocycles. The van der Waals surface area contributed by atoms with Crippen molar-refractivity contribution in [2.24, 2.45) is 22.7 Å². The lowest BCUT2D eigenvalue weighted by Crippen LogP contribution is -2.65. The lowest BCUT2D eigenvalue weighted by molar-refractivity contribution is -0.154. The summed E-state index contributed by atoms with van der Waals surface area (Å²) in [6, 6.07) is 19.9. The Balaban J connectivity index is 1.22. The number of imide groups is 1. The zero-order chi connectivity index (χ0) is 25.8. The van der Waals surface area contributed by atoms with Gasteiger partial charge in [0.05, 0.1) is 12.0 Å². The van der Waals surface area contributed by atoms with Crippen molar-refractivity contribution in [3.05, 3.63) is 71.8 Å². The predicted molar refractivity (Wildman–Crippen MR) is 138 cm³/mol. The molecule has 6 rings (SSSR count). The van der Waals surface area contributed by atoms with Crippen LogP contribution >= 0.6 is 0 Å². The Morgan fingerprint density at radius 3 is 2.14 bits per heavy atom. The van der Waals surface area contributed by atoms with Crippen molar-refractivity contribution in [1.29, 1.82) is 0 Å². The maximum Gasteiger partial charge on any atom is 0.416 e. The lowest BCUT2D eigenvalue weighted by Gasteiger charge is -2.51. The van der Waals surface area contributed by atoms with Crippen molar-refractivity contribution in [2.45, 2.75) is 39.3 Å². The molecular weight excluding hydrogens is 466 g/mol. The molecule has 0 bridgehead atoms. The third-order valence-corrected chi connectivity index (χ3v) is 8.91. The number of ether oxygens (including phenoxy) is 1. The first kappa shape index (κ1) is 24.2. The Kier molecular flexibility index (Phi) is 5.86. The van der Waals surface area contributed by atoms with E-state index in [1.54, 1.807) is 0 Å². The van der Waals surface area contributed by atoms with Crippen molar-refractivity contribution >= 4 is 17.9 Å². The molecule has 4 fully saturated rings. The summed E-state index contributed by atoms with van der Waals surface area (Å²) in [6.07, 6.45) is 0.959. The lowest BCUT2D eigenvalue weighted by atomic mass is 9.70. The molecule has 3 amide bonds. The highest BCUT2D eigenvalue weighted by atomic mass is 16.6. The van der Waals surface area contributed by atoms with E-state index in [-0.39, 0.29) is 47.1 Å². The fraction of sp³-hybridized carbons (Fsp3) is 0.500. The molecule has 1 saturated carbocycles. The number of likely N-dealkylation sites (tertiary alicyclic amines) is 2. The third-order valence-electron chi connectivity index (χ3n) is 8.91. The molecule has 3 heterocycles. The first-order chi connectivity index (χ1) is 17.8. The number of nitrogens with zero attached hydrogens (tertiary/aromatic N) is 3. The Morgan fingerprint density at radius 1 is 0.892 bits per heavy atom. The summed E-state index contributed by atoms with van der Waals surface area (Å²) in [6.45, 7) is 7.71. The Bertz CT molecular complexity index is 1190. The van der Waals surface area contributed by atoms with Gasteiger partial charge < -0.3 is 9.64 Å². The highest BCUT2D eigenvalue weighted by molar-refractivity contribution is 5.96. The number of carbonyl (C=O) groups excluding carboxylic acids is 3. The van der Waals surface area contributed by atoms with Crippen molar-refractivity contribution in [3.63, 3.8) is 0 Å². The second kappa shape index (κ2) is 8.98. The number of hydrogen-bond donors (Lipinski definition) is 0. The SMILES string of the molecule is CC1(C)C[C@@H]1C(=O)N1CC2(CN(Cc3ccccc3)CC2C(=O)N2C(=O)OCC2Cc2ccccc2)C1. The van der Waals surface area contributed by atoms with E-state index < -0.39 is 6.09 Å². The smallest absolute Gasteiger partial charge is 0.416 e. The van der Waals surface area contributed by atoms with Gasteiger partial charge in [0.2, 0.25) is 11.8 Å². The summed E-state index contributed by atoms with van der Waals surface area (Å²) in [4.78, 5) is 45.6. The molecule has 3 atom stereocenters. The summed E-state index contributed by atoms with van der Waals surface area (Å²) in [5.74, 6) is -0.204. The minimum absolute atomic E-state index is 0.0774. The molecule has 7 nitrogen and oxygen atoms in total. The van der Waals surface area contributed by atoms with Gasteiger partial charge in [-0.3, -0.25) is 14.5 Å². The van der Waals surface area contributed by atoms with Crippen LogP contribution in [-0.2, 0) is 27.3 Å². The van der Waals surface area contributed by atoms with Gasteiger partial charge in [0.1, 0.15) is 6.61 Å². The number of benzene rings is 2. The Hall–Kier alpha value is -3.19. The van der Waals surface area contributed by atoms with Crippen LogP contribution in [-0.4, -0.2) is 71.4 Å². The second-order valence-electron chi connectivity index (χ2n) is 12.1. The largest absolute Gasteiger partial charge is 0.447 e. The maximum atomic E-state index is 14.1. The van der Waals surface area contributed by atoms with Crippen LogP contribution in [0.5, 0.6) is 0 Å². The number of amides is 3. The Morgan fingerprint density at radius 2 is 1.51 bits per heavy atom. The van der Waals surface area contributed by atoms with Crippen LogP contribution in [0.4, 0.5) is 4.79 Å². The number of carbonyl (C=O) groups is 3. The van der Waals surface area contributed by atoms with Gasteiger partial charge in [0, 0.05) is 44.1 Å². The fourth-order valence-electron chi connectivity index (χ4n) is 6.61. The minimum Gasteiger partial charge on any atom is -0.447 e. The summed E-state index contributed by atoms with van der Waals surface area (Å²) in [5, 5.41) is 0. The van der Waals surface area contributed by atoms with Gasteiger partial charge >= 0.3 is 6.09 Å². The zero-order valence-corrected chi connectivity index (χ0v) is 21.6. The van der Waals surface area contributed by atoms with E-state index in [4.69, 9.17) is 4.74 Å². The van der Waals surface area contributed by atoms with Gasteiger partial charge in [-0.15, -0.1) is 0 Å². The molecule has 3 saturated heterocycles. The van der Waals surface area contributed by atoms with Gasteiger partial charge in [0.25, 0.3) is 0 Å². The number of rotatable bonds is 6. The van der Waals surface area contributed by atoms with E-state index in [1.807, 2.05) is 53.4 Å². The average molecular weight is 502 g/mol. The van der Waals surface area contributed by atoms with Gasteiger partial charge in [-0.1, -0.05) is 74.5 Å². The van der Waals surface area contributed by atoms with E-state index in [2.05, 4.69) is 30.9 Å². The summed E-state index contributed by atoms with van der Waals surface area (Å²) >= 11 is 0. The van der Waals surface area contributed by atoms with Crippen LogP contribution in [0.15, 0.2) is 60.7 Å². The molecule has 194 valence electrons. The van der Waals surface area contributed by atoms with Crippen molar-refractivity contribution in [3.8, 4) is 0 Å². The van der Waals surface area contributed by atoms with Crippen LogP contribution < -0.4 is 0 Å². The maximum absolute atomic E-state index is 14.1. The molecule has 0 N–H and O–H groups in total. The number of cyclic esters (lactones) is 1. The molecule has 4 aliphatic rings. The zero-order valence-electron chi connectivity index (χ0n) is 21.6. The molecule has 7 heteroatoms. The molecule has 37 heavy (non-hydrogen) atoms. The van der Waals surface area contributed by atoms with E-state index in [1.165, 1.54) is 10.5 Å². The first-order valence-electron chi connectivity index (χ1n) is 13.3. The normalized spacial score (nSPS) is 27.7. The van der Waals surface area contributed by atoms with Crippen LogP contribution in [0.25, 0.3) is 0 Å². The summed E-state index contributed by atoms with van der Waals surface area (Å²) in [7, 11) is 0. The topological polar surface area (TPSA) is 70.2 Å². The van der Waals surface area contributed by atoms with Crippen LogP contribution in [0.1, 0.15) is 31.4 Å². The van der Waals surface area contributed by atoms with Gasteiger partial charge in [0.15, 0.2) is 0 Å². The highest BCUT2D eigenvalue weighted by Crippen LogP contribution is 2.55. The predicted octanol–water partition coefficient (Wildman–Crippen LogP) is 3.58. The molecule has 0 radical (unpaired) electrons. The standard InChI is InChI=1S/C30H35N3O4/c1-29(2)14-24(29)26(34)32-19-30(20-32)18-31(15-22-11-7-4-8-12-22)16-25(30)27(35)33-23(17-37-28(33)36)13-21-9-5-3-6-10-21/h3-12,23-25H,13-20H2,1-2H3/t23?,24-,25?/m1/s1. The minimum atomic E-state index is -0.547. The Labute approximate surface area is 218 Å². The third kappa shape index (κ3) is 4.43. The van der Waals surface area contributed by atoms with Gasteiger partial charge in [-0.25, -0.2) is 9.69 Å². The summed E-state index contributed by atoms with van der Waals surface area (Å²) in [5.41, 5.74) is 2.01. The van der Waals surface area contributed by atoms with E-state index in [0.29, 0.717) is 26.1 Å². The number of hydrogen-bond acceptors (Lipinski definition) is 5. The molecule has 2 aromatic rings. The quantitative estimate of drug-likeness (QED) is 0.605. The monoisotopic (exact) mass is 501 g/mol. The molecule has 1 spiro atoms. The molecule has 0 aromatic heterocycles. The molecule has 2 unspecified atom stereocenters. The summed E-state index contributed by atoms with van der Waals surface area (Å²) < 4.78 is 5.38. The second-order valence-corrected chi connectivity index (χ2v) is 12.1. The highest BCUT2D eigenvalue weighted by Gasteiger charge is 2.62. The molecular formula is C30H35N3O4. The van der Waals surface area contributed by atoms with Gasteiger partial charge in [-0.2, -0.15) is 0 Å². The van der Waals surface area contributed by atoms with Crippen molar-refractivity contribution in [2.75, 3.05) is 32.8 Å². The van der Waals surface area contributed by atoms with Crippen LogP contribution in [0.3, 0.4) is 0 Å². The van der Waals surface area contributed by atoms with Crippen molar-refractivity contribution < 1.29 is 19.1 Å². The van der Waals surface area contributed by atoms with E-state index >= 15 is 0 Å². The van der Waals surface area contributed by atoms with Crippen LogP contribution in [0.2, 0.25) is 0 Å². The molecule has 3 aliphatic heterocycles. The fourth-order valence-corrected chi connectivity index (χ4v) is 6.61.